The quantitative estimate of drug-likeness (QED) is 0.898. The van der Waals surface area contributed by atoms with Gasteiger partial charge in [-0.05, 0) is 43.5 Å². The highest BCUT2D eigenvalue weighted by Gasteiger charge is 2.20. The summed E-state index contributed by atoms with van der Waals surface area (Å²) in [5.74, 6) is 0.752. The lowest BCUT2D eigenvalue weighted by molar-refractivity contribution is 0.244. The largest absolute Gasteiger partial charge is 0.314 e. The molecule has 0 amide bonds. The molecule has 2 aliphatic rings. The number of rotatable bonds is 4. The number of benzene rings is 1. The van der Waals surface area contributed by atoms with Gasteiger partial charge in [-0.1, -0.05) is 24.3 Å². The average molecular weight is 273 g/mol. The fraction of sp³-hybridized carbons (Fsp3) is 0.647. The molecular formula is C17H27N3. The minimum Gasteiger partial charge on any atom is -0.314 e. The molecule has 2 heterocycles. The van der Waals surface area contributed by atoms with Crippen LogP contribution in [0.1, 0.15) is 23.5 Å². The number of nitrogens with zero attached hydrogens (tertiary/aromatic N) is 2. The molecule has 1 aromatic rings. The SMILES string of the molecule is CN1CCC(c2ccc(CCN3CCNCC3)cc2)C1. The van der Waals surface area contributed by atoms with Crippen molar-refractivity contribution in [1.29, 1.82) is 0 Å². The van der Waals surface area contributed by atoms with Gasteiger partial charge in [0.15, 0.2) is 0 Å². The summed E-state index contributed by atoms with van der Waals surface area (Å²) >= 11 is 0. The Morgan fingerprint density at radius 1 is 1.10 bits per heavy atom. The van der Waals surface area contributed by atoms with Crippen molar-refractivity contribution in [3.8, 4) is 0 Å². The van der Waals surface area contributed by atoms with Crippen LogP contribution in [0.4, 0.5) is 0 Å². The number of nitrogens with one attached hydrogen (secondary N) is 1. The summed E-state index contributed by atoms with van der Waals surface area (Å²) in [7, 11) is 2.22. The first-order valence-corrected chi connectivity index (χ1v) is 8.02. The van der Waals surface area contributed by atoms with Gasteiger partial charge in [-0.2, -0.15) is 0 Å². The molecule has 3 rings (SSSR count). The third kappa shape index (κ3) is 3.60. The van der Waals surface area contributed by atoms with Crippen molar-refractivity contribution in [1.82, 2.24) is 15.1 Å². The highest BCUT2D eigenvalue weighted by molar-refractivity contribution is 5.26. The molecule has 1 unspecified atom stereocenters. The summed E-state index contributed by atoms with van der Waals surface area (Å²) in [6.45, 7) is 8.37. The van der Waals surface area contributed by atoms with E-state index in [1.165, 1.54) is 56.7 Å². The van der Waals surface area contributed by atoms with E-state index in [0.29, 0.717) is 0 Å². The van der Waals surface area contributed by atoms with Gasteiger partial charge in [0.2, 0.25) is 0 Å². The molecule has 0 saturated carbocycles. The highest BCUT2D eigenvalue weighted by Crippen LogP contribution is 2.26. The molecule has 0 aliphatic carbocycles. The summed E-state index contributed by atoms with van der Waals surface area (Å²) in [6, 6.07) is 9.40. The molecule has 3 heteroatoms. The second-order valence-corrected chi connectivity index (χ2v) is 6.33. The maximum atomic E-state index is 3.41. The van der Waals surface area contributed by atoms with E-state index in [0.717, 1.165) is 19.0 Å². The first kappa shape index (κ1) is 14.1. The molecule has 1 aromatic carbocycles. The molecule has 110 valence electrons. The average Bonchev–Trinajstić information content (AvgIpc) is 2.93. The van der Waals surface area contributed by atoms with E-state index in [1.807, 2.05) is 0 Å². The van der Waals surface area contributed by atoms with Crippen LogP contribution in [0.2, 0.25) is 0 Å². The lowest BCUT2D eigenvalue weighted by Crippen LogP contribution is -2.44. The smallest absolute Gasteiger partial charge is 0.0108 e. The molecule has 0 aromatic heterocycles. The molecule has 2 fully saturated rings. The van der Waals surface area contributed by atoms with Crippen LogP contribution in [0, 0.1) is 0 Å². The van der Waals surface area contributed by atoms with Crippen molar-refractivity contribution >= 4 is 0 Å². The molecule has 0 radical (unpaired) electrons. The van der Waals surface area contributed by atoms with Gasteiger partial charge in [-0.15, -0.1) is 0 Å². The lowest BCUT2D eigenvalue weighted by Gasteiger charge is -2.27. The Balaban J connectivity index is 1.50. The summed E-state index contributed by atoms with van der Waals surface area (Å²) in [5, 5.41) is 3.41. The third-order valence-corrected chi connectivity index (χ3v) is 4.77. The van der Waals surface area contributed by atoms with E-state index < -0.39 is 0 Å². The minimum absolute atomic E-state index is 0.752. The number of hydrogen-bond acceptors (Lipinski definition) is 3. The summed E-state index contributed by atoms with van der Waals surface area (Å²) in [5.41, 5.74) is 3.01. The zero-order valence-corrected chi connectivity index (χ0v) is 12.6. The van der Waals surface area contributed by atoms with Gasteiger partial charge in [0.05, 0.1) is 0 Å². The van der Waals surface area contributed by atoms with Crippen molar-refractivity contribution in [2.24, 2.45) is 0 Å². The van der Waals surface area contributed by atoms with Crippen molar-refractivity contribution in [3.05, 3.63) is 35.4 Å². The van der Waals surface area contributed by atoms with Crippen molar-refractivity contribution in [2.45, 2.75) is 18.8 Å². The van der Waals surface area contributed by atoms with Gasteiger partial charge in [-0.25, -0.2) is 0 Å². The molecule has 1 atom stereocenters. The van der Waals surface area contributed by atoms with Gasteiger partial charge >= 0.3 is 0 Å². The molecule has 20 heavy (non-hydrogen) atoms. The van der Waals surface area contributed by atoms with Gasteiger partial charge in [-0.3, -0.25) is 0 Å². The second kappa shape index (κ2) is 6.70. The van der Waals surface area contributed by atoms with Crippen LogP contribution in [-0.4, -0.2) is 62.7 Å². The normalized spacial score (nSPS) is 25.1. The van der Waals surface area contributed by atoms with Crippen molar-refractivity contribution in [3.63, 3.8) is 0 Å². The van der Waals surface area contributed by atoms with Crippen molar-refractivity contribution in [2.75, 3.05) is 52.9 Å². The predicted octanol–water partition coefficient (Wildman–Crippen LogP) is 1.55. The maximum absolute atomic E-state index is 3.41. The second-order valence-electron chi connectivity index (χ2n) is 6.33. The Hall–Kier alpha value is -0.900. The van der Waals surface area contributed by atoms with Crippen LogP contribution < -0.4 is 5.32 Å². The molecular weight excluding hydrogens is 246 g/mol. The third-order valence-electron chi connectivity index (χ3n) is 4.77. The fourth-order valence-corrected chi connectivity index (χ4v) is 3.39. The lowest BCUT2D eigenvalue weighted by atomic mass is 9.97. The Morgan fingerprint density at radius 3 is 2.50 bits per heavy atom. The fourth-order valence-electron chi connectivity index (χ4n) is 3.39. The zero-order valence-electron chi connectivity index (χ0n) is 12.6. The van der Waals surface area contributed by atoms with E-state index in [9.17, 15) is 0 Å². The molecule has 3 nitrogen and oxygen atoms in total. The van der Waals surface area contributed by atoms with E-state index in [-0.39, 0.29) is 0 Å². The van der Waals surface area contributed by atoms with Crippen LogP contribution in [0.25, 0.3) is 0 Å². The number of likely N-dealkylation sites (N-methyl/N-ethyl adjacent to an activating group) is 1. The number of likely N-dealkylation sites (tertiary alicyclic amines) is 1. The summed E-state index contributed by atoms with van der Waals surface area (Å²) in [6.07, 6.45) is 2.50. The van der Waals surface area contributed by atoms with Gasteiger partial charge in [0, 0.05) is 39.3 Å². The molecule has 2 aliphatic heterocycles. The van der Waals surface area contributed by atoms with Crippen LogP contribution in [-0.2, 0) is 6.42 Å². The topological polar surface area (TPSA) is 18.5 Å². The monoisotopic (exact) mass is 273 g/mol. The van der Waals surface area contributed by atoms with E-state index in [1.54, 1.807) is 0 Å². The van der Waals surface area contributed by atoms with E-state index in [2.05, 4.69) is 46.4 Å². The van der Waals surface area contributed by atoms with Crippen LogP contribution in [0.5, 0.6) is 0 Å². The predicted molar refractivity (Wildman–Crippen MR) is 84.3 cm³/mol. The maximum Gasteiger partial charge on any atom is 0.0108 e. The van der Waals surface area contributed by atoms with Crippen LogP contribution in [0.15, 0.2) is 24.3 Å². The molecule has 0 spiro atoms. The van der Waals surface area contributed by atoms with E-state index >= 15 is 0 Å². The van der Waals surface area contributed by atoms with Crippen LogP contribution >= 0.6 is 0 Å². The first-order chi connectivity index (χ1) is 9.81. The molecule has 2 saturated heterocycles. The van der Waals surface area contributed by atoms with Gasteiger partial charge in [0.25, 0.3) is 0 Å². The zero-order chi connectivity index (χ0) is 13.8. The molecule has 0 bridgehead atoms. The van der Waals surface area contributed by atoms with Crippen molar-refractivity contribution < 1.29 is 0 Å². The summed E-state index contributed by atoms with van der Waals surface area (Å²) in [4.78, 5) is 5.00. The summed E-state index contributed by atoms with van der Waals surface area (Å²) < 4.78 is 0. The Kier molecular flexibility index (Phi) is 4.71. The van der Waals surface area contributed by atoms with Crippen LogP contribution in [0.3, 0.4) is 0 Å². The number of hydrogen-bond donors (Lipinski definition) is 1. The highest BCUT2D eigenvalue weighted by atomic mass is 15.2. The van der Waals surface area contributed by atoms with E-state index in [4.69, 9.17) is 0 Å². The Labute approximate surface area is 123 Å². The first-order valence-electron chi connectivity index (χ1n) is 8.02. The minimum atomic E-state index is 0.752. The van der Waals surface area contributed by atoms with Gasteiger partial charge < -0.3 is 15.1 Å². The Bertz CT molecular complexity index is 409. The molecule has 1 N–H and O–H groups in total. The number of piperazine rings is 1. The Morgan fingerprint density at radius 2 is 1.85 bits per heavy atom. The van der Waals surface area contributed by atoms with Gasteiger partial charge in [0.1, 0.15) is 0 Å². The standard InChI is InChI=1S/C17H27N3/c1-19-10-7-17(14-19)16-4-2-15(3-5-16)6-11-20-12-8-18-9-13-20/h2-5,17-18H,6-14H2,1H3.